The Morgan fingerprint density at radius 2 is 0.653 bits per heavy atom. The lowest BCUT2D eigenvalue weighted by Gasteiger charge is -2.45. The second kappa shape index (κ2) is 17.4. The van der Waals surface area contributed by atoms with Gasteiger partial charge >= 0.3 is 0 Å². The Morgan fingerprint density at radius 1 is 0.333 bits per heavy atom. The molecular weight excluding hydrogens is 910 g/mol. The van der Waals surface area contributed by atoms with Crippen molar-refractivity contribution in [3.8, 4) is 34.2 Å². The number of hydrogen-bond acceptors (Lipinski definition) is 5. The van der Waals surface area contributed by atoms with Crippen molar-refractivity contribution in [2.75, 3.05) is 9.80 Å². The molecule has 6 heteroatoms. The summed E-state index contributed by atoms with van der Waals surface area (Å²) >= 11 is 0. The SMILES string of the molecule is CC(C)(C)c1cc(-c2nc(-c3cc(C(C)(C)C)cc(C(C)(C)C)c3)nc(-c3cc4c5c(c3)N(c3ccccc3)c3c(ccc6ccccc36)B5c3ccc5ccccc5c3N4c3ccccc3)n2)cc(C(C)(C)C)c1. The van der Waals surface area contributed by atoms with Crippen molar-refractivity contribution in [3.05, 3.63) is 204 Å². The first-order valence-corrected chi connectivity index (χ1v) is 26.7. The summed E-state index contributed by atoms with van der Waals surface area (Å²) < 4.78 is 0. The number of rotatable bonds is 5. The van der Waals surface area contributed by atoms with Crippen LogP contribution >= 0.6 is 0 Å². The van der Waals surface area contributed by atoms with Gasteiger partial charge in [-0.15, -0.1) is 0 Å². The van der Waals surface area contributed by atoms with Crippen LogP contribution in [0.5, 0.6) is 0 Å². The first-order valence-electron chi connectivity index (χ1n) is 26.7. The van der Waals surface area contributed by atoms with Crippen LogP contribution in [0.15, 0.2) is 182 Å². The highest BCUT2D eigenvalue weighted by Gasteiger charge is 2.45. The molecule has 2 aliphatic heterocycles. The molecule has 0 fully saturated rings. The van der Waals surface area contributed by atoms with Crippen molar-refractivity contribution in [3.63, 3.8) is 0 Å². The van der Waals surface area contributed by atoms with E-state index in [-0.39, 0.29) is 28.4 Å². The Morgan fingerprint density at radius 3 is 1.00 bits per heavy atom. The van der Waals surface area contributed by atoms with Gasteiger partial charge < -0.3 is 9.80 Å². The molecule has 1 aromatic heterocycles. The maximum absolute atomic E-state index is 5.67. The normalized spacial score (nSPS) is 13.5. The summed E-state index contributed by atoms with van der Waals surface area (Å²) in [6, 6.07) is 67.6. The molecule has 9 aromatic carbocycles. The van der Waals surface area contributed by atoms with Gasteiger partial charge in [0.25, 0.3) is 6.71 Å². The summed E-state index contributed by atoms with van der Waals surface area (Å²) in [4.78, 5) is 21.9. The maximum Gasteiger partial charge on any atom is 0.252 e. The van der Waals surface area contributed by atoms with E-state index in [1.54, 1.807) is 0 Å². The molecule has 12 rings (SSSR count). The molecule has 0 bridgehead atoms. The van der Waals surface area contributed by atoms with E-state index in [4.69, 9.17) is 15.0 Å². The largest absolute Gasteiger partial charge is 0.311 e. The number of benzene rings is 9. The Balaban J connectivity index is 1.23. The van der Waals surface area contributed by atoms with Crippen LogP contribution in [0.25, 0.3) is 55.7 Å². The van der Waals surface area contributed by atoms with Gasteiger partial charge in [-0.3, -0.25) is 0 Å². The average molecular weight is 976 g/mol. The molecule has 0 spiro atoms. The third-order valence-electron chi connectivity index (χ3n) is 15.6. The molecule has 370 valence electrons. The van der Waals surface area contributed by atoms with Gasteiger partial charge in [-0.05, 0) is 132 Å². The van der Waals surface area contributed by atoms with Crippen LogP contribution in [-0.4, -0.2) is 21.7 Å². The number of anilines is 6. The number of aromatic nitrogens is 3. The monoisotopic (exact) mass is 976 g/mol. The van der Waals surface area contributed by atoms with Gasteiger partial charge in [-0.2, -0.15) is 0 Å². The van der Waals surface area contributed by atoms with Crippen LogP contribution in [-0.2, 0) is 21.7 Å². The van der Waals surface area contributed by atoms with Crippen LogP contribution < -0.4 is 26.2 Å². The summed E-state index contributed by atoms with van der Waals surface area (Å²) in [6.45, 7) is 27.4. The van der Waals surface area contributed by atoms with Gasteiger partial charge in [0.2, 0.25) is 0 Å². The Kier molecular flexibility index (Phi) is 11.2. The highest BCUT2D eigenvalue weighted by molar-refractivity contribution is 7.00. The fraction of sp³-hybridized carbons (Fsp3) is 0.232. The van der Waals surface area contributed by atoms with Crippen molar-refractivity contribution in [2.24, 2.45) is 0 Å². The molecule has 0 unspecified atom stereocenters. The second-order valence-electron chi connectivity index (χ2n) is 25.1. The van der Waals surface area contributed by atoms with E-state index in [9.17, 15) is 0 Å². The second-order valence-corrected chi connectivity index (χ2v) is 25.1. The molecule has 0 aliphatic carbocycles. The number of hydrogen-bond donors (Lipinski definition) is 0. The zero-order chi connectivity index (χ0) is 52.3. The predicted octanol–water partition coefficient (Wildman–Crippen LogP) is 16.5. The van der Waals surface area contributed by atoms with E-state index in [1.165, 1.54) is 71.6 Å². The van der Waals surface area contributed by atoms with Crippen LogP contribution in [0.2, 0.25) is 0 Å². The lowest BCUT2D eigenvalue weighted by molar-refractivity contribution is 0.568. The number of nitrogens with zero attached hydrogens (tertiary/aromatic N) is 5. The lowest BCUT2D eigenvalue weighted by Crippen LogP contribution is -2.61. The lowest BCUT2D eigenvalue weighted by atomic mass is 9.33. The minimum atomic E-state index is -0.113. The molecular formula is C69H66BN5. The highest BCUT2D eigenvalue weighted by Crippen LogP contribution is 2.49. The Bertz CT molecular complexity index is 3580. The van der Waals surface area contributed by atoms with Crippen LogP contribution in [0, 0.1) is 0 Å². The van der Waals surface area contributed by atoms with E-state index in [0.717, 1.165) is 39.4 Å². The topological polar surface area (TPSA) is 45.2 Å². The van der Waals surface area contributed by atoms with Gasteiger partial charge in [-0.1, -0.05) is 204 Å². The Labute approximate surface area is 444 Å². The van der Waals surface area contributed by atoms with Crippen LogP contribution in [0.1, 0.15) is 105 Å². The maximum atomic E-state index is 5.67. The summed E-state index contributed by atoms with van der Waals surface area (Å²) in [5.74, 6) is 1.93. The van der Waals surface area contributed by atoms with Gasteiger partial charge in [0.15, 0.2) is 17.5 Å². The molecule has 0 amide bonds. The van der Waals surface area contributed by atoms with Crippen molar-refractivity contribution in [1.29, 1.82) is 0 Å². The minimum absolute atomic E-state index is 0.0837. The highest BCUT2D eigenvalue weighted by atomic mass is 15.2. The van der Waals surface area contributed by atoms with E-state index in [0.29, 0.717) is 17.5 Å². The van der Waals surface area contributed by atoms with E-state index in [1.807, 2.05) is 0 Å². The van der Waals surface area contributed by atoms with Crippen molar-refractivity contribution in [2.45, 2.75) is 105 Å². The van der Waals surface area contributed by atoms with E-state index in [2.05, 4.69) is 275 Å². The number of para-hydroxylation sites is 2. The van der Waals surface area contributed by atoms with E-state index < -0.39 is 0 Å². The molecule has 10 aromatic rings. The molecule has 0 saturated heterocycles. The molecule has 0 saturated carbocycles. The Hall–Kier alpha value is -7.83. The fourth-order valence-corrected chi connectivity index (χ4v) is 11.3. The van der Waals surface area contributed by atoms with Gasteiger partial charge in [-0.25, -0.2) is 15.0 Å². The minimum Gasteiger partial charge on any atom is -0.311 e. The third kappa shape index (κ3) is 8.40. The van der Waals surface area contributed by atoms with E-state index >= 15 is 0 Å². The summed E-state index contributed by atoms with van der Waals surface area (Å²) in [5.41, 5.74) is 17.9. The van der Waals surface area contributed by atoms with Crippen molar-refractivity contribution in [1.82, 2.24) is 15.0 Å². The number of fused-ring (bicyclic) bond motifs is 8. The quantitative estimate of drug-likeness (QED) is 0.161. The molecule has 0 radical (unpaired) electrons. The van der Waals surface area contributed by atoms with Crippen LogP contribution in [0.4, 0.5) is 34.1 Å². The van der Waals surface area contributed by atoms with Crippen molar-refractivity contribution < 1.29 is 0 Å². The molecule has 0 N–H and O–H groups in total. The van der Waals surface area contributed by atoms with Gasteiger partial charge in [0.05, 0.1) is 0 Å². The smallest absolute Gasteiger partial charge is 0.252 e. The molecule has 0 atom stereocenters. The zero-order valence-electron chi connectivity index (χ0n) is 45.6. The van der Waals surface area contributed by atoms with Crippen molar-refractivity contribution >= 4 is 78.8 Å². The summed E-state index contributed by atoms with van der Waals surface area (Å²) in [7, 11) is 0. The molecule has 5 nitrogen and oxygen atoms in total. The van der Waals surface area contributed by atoms with Gasteiger partial charge in [0.1, 0.15) is 0 Å². The molecule has 3 heterocycles. The van der Waals surface area contributed by atoms with Crippen LogP contribution in [0.3, 0.4) is 0 Å². The van der Waals surface area contributed by atoms with Gasteiger partial charge in [0, 0.05) is 61.6 Å². The summed E-state index contributed by atoms with van der Waals surface area (Å²) in [5, 5.41) is 4.80. The summed E-state index contributed by atoms with van der Waals surface area (Å²) in [6.07, 6.45) is 0. The predicted molar refractivity (Wildman–Crippen MR) is 320 cm³/mol. The fourth-order valence-electron chi connectivity index (χ4n) is 11.3. The first-order chi connectivity index (χ1) is 35.7. The average Bonchev–Trinajstić information content (AvgIpc) is 3.39. The molecule has 2 aliphatic rings. The third-order valence-corrected chi connectivity index (χ3v) is 15.6. The zero-order valence-corrected chi connectivity index (χ0v) is 45.6. The molecule has 75 heavy (non-hydrogen) atoms. The first kappa shape index (κ1) is 48.1. The standard InChI is InChI=1S/C69H66BN5/c1-66(2,3)48-35-45(36-49(41-48)67(4,5)6)63-71-64(46-37-50(68(7,8)9)42-51(38-46)69(10,11)12)73-65(72-63)47-39-58-60-59(40-47)75(53-27-17-14-18-28-53)62-55-30-22-20-24-44(55)32-34-57(62)70(60)56-33-31-43-23-19-21-29-54(43)61(56)74(58)52-25-15-13-16-26-52/h13-42H,1-12H3.